The third kappa shape index (κ3) is 2.97. The highest BCUT2D eigenvalue weighted by Crippen LogP contribution is 2.28. The molecule has 4 heterocycles. The van der Waals surface area contributed by atoms with Crippen LogP contribution in [-0.4, -0.2) is 48.5 Å². The van der Waals surface area contributed by atoms with Crippen molar-refractivity contribution < 1.29 is 4.79 Å². The Hall–Kier alpha value is -2.83. The van der Waals surface area contributed by atoms with Gasteiger partial charge in [0.25, 0.3) is 11.7 Å². The largest absolute Gasteiger partial charge is 0.338 e. The zero-order valence-corrected chi connectivity index (χ0v) is 14.4. The highest BCUT2D eigenvalue weighted by atomic mass is 16.2. The average molecular weight is 336 g/mol. The van der Waals surface area contributed by atoms with Crippen LogP contribution in [-0.2, 0) is 0 Å². The maximum atomic E-state index is 12.8. The summed E-state index contributed by atoms with van der Waals surface area (Å²) in [5.74, 6) is 0.879. The molecule has 1 amide bonds. The van der Waals surface area contributed by atoms with Gasteiger partial charge in [-0.2, -0.15) is 10.1 Å². The lowest BCUT2D eigenvalue weighted by Crippen LogP contribution is -2.39. The summed E-state index contributed by atoms with van der Waals surface area (Å²) in [6.07, 6.45) is 6.92. The normalized spacial score (nSPS) is 17.8. The molecule has 1 aliphatic rings. The van der Waals surface area contributed by atoms with Crippen molar-refractivity contribution in [2.75, 3.05) is 13.1 Å². The van der Waals surface area contributed by atoms with E-state index >= 15 is 0 Å². The smallest absolute Gasteiger partial charge is 0.255 e. The fraction of sp³-hybridized carbons (Fsp3) is 0.389. The second-order valence-electron chi connectivity index (χ2n) is 6.64. The highest BCUT2D eigenvalue weighted by molar-refractivity contribution is 5.94. The zero-order chi connectivity index (χ0) is 17.4. The summed E-state index contributed by atoms with van der Waals surface area (Å²) in [6.45, 7) is 5.35. The summed E-state index contributed by atoms with van der Waals surface area (Å²) in [5, 5.41) is 4.30. The van der Waals surface area contributed by atoms with Crippen LogP contribution in [0, 0.1) is 13.8 Å². The summed E-state index contributed by atoms with van der Waals surface area (Å²) < 4.78 is 1.79. The van der Waals surface area contributed by atoms with E-state index in [1.165, 1.54) is 6.33 Å². The quantitative estimate of drug-likeness (QED) is 0.717. The molecule has 3 aromatic rings. The van der Waals surface area contributed by atoms with E-state index in [-0.39, 0.29) is 11.8 Å². The van der Waals surface area contributed by atoms with Crippen molar-refractivity contribution in [2.45, 2.75) is 32.6 Å². The number of fused-ring (bicyclic) bond motifs is 1. The molecule has 0 aliphatic carbocycles. The van der Waals surface area contributed by atoms with E-state index < -0.39 is 0 Å². The molecule has 1 fully saturated rings. The molecule has 3 aromatic heterocycles. The standard InChI is InChI=1S/C18H20N6O/c1-12-6-15(9-19-8-12)17(25)23-5-3-4-14(10-23)16-7-13(2)22-18-20-11-21-24(16)18/h6-9,11,14H,3-5,10H2,1-2H3. The van der Waals surface area contributed by atoms with Gasteiger partial charge in [0.05, 0.1) is 11.3 Å². The fourth-order valence-corrected chi connectivity index (χ4v) is 3.51. The van der Waals surface area contributed by atoms with Gasteiger partial charge in [-0.25, -0.2) is 9.50 Å². The number of hydrogen-bond acceptors (Lipinski definition) is 5. The number of carbonyl (C=O) groups is 1. The summed E-state index contributed by atoms with van der Waals surface area (Å²) in [7, 11) is 0. The van der Waals surface area contributed by atoms with Crippen LogP contribution in [0.15, 0.2) is 30.9 Å². The Morgan fingerprint density at radius 3 is 2.96 bits per heavy atom. The van der Waals surface area contributed by atoms with Gasteiger partial charge in [0.1, 0.15) is 6.33 Å². The van der Waals surface area contributed by atoms with Crippen LogP contribution in [0.2, 0.25) is 0 Å². The molecular formula is C18H20N6O. The third-order valence-electron chi connectivity index (χ3n) is 4.66. The molecule has 128 valence electrons. The monoisotopic (exact) mass is 336 g/mol. The molecule has 1 aliphatic heterocycles. The van der Waals surface area contributed by atoms with Gasteiger partial charge in [-0.3, -0.25) is 9.78 Å². The van der Waals surface area contributed by atoms with Crippen LogP contribution in [0.4, 0.5) is 0 Å². The molecule has 0 N–H and O–H groups in total. The first kappa shape index (κ1) is 15.7. The van der Waals surface area contributed by atoms with Crippen LogP contribution < -0.4 is 0 Å². The van der Waals surface area contributed by atoms with Crippen LogP contribution in [0.25, 0.3) is 5.78 Å². The fourth-order valence-electron chi connectivity index (χ4n) is 3.51. The van der Waals surface area contributed by atoms with Crippen molar-refractivity contribution in [1.82, 2.24) is 29.5 Å². The van der Waals surface area contributed by atoms with Crippen molar-refractivity contribution >= 4 is 11.7 Å². The maximum absolute atomic E-state index is 12.8. The Bertz CT molecular complexity index is 934. The van der Waals surface area contributed by atoms with Gasteiger partial charge in [-0.15, -0.1) is 0 Å². The van der Waals surface area contributed by atoms with Gasteiger partial charge in [0, 0.05) is 37.1 Å². The lowest BCUT2D eigenvalue weighted by Gasteiger charge is -2.33. The molecule has 7 heteroatoms. The molecule has 0 radical (unpaired) electrons. The van der Waals surface area contributed by atoms with E-state index in [0.717, 1.165) is 36.3 Å². The molecule has 0 saturated carbocycles. The van der Waals surface area contributed by atoms with Gasteiger partial charge in [0.2, 0.25) is 0 Å². The Balaban J connectivity index is 1.62. The first-order valence-electron chi connectivity index (χ1n) is 8.50. The number of carbonyl (C=O) groups excluding carboxylic acids is 1. The molecule has 25 heavy (non-hydrogen) atoms. The predicted molar refractivity (Wildman–Crippen MR) is 92.4 cm³/mol. The Morgan fingerprint density at radius 2 is 2.12 bits per heavy atom. The molecule has 1 saturated heterocycles. The van der Waals surface area contributed by atoms with Crippen LogP contribution in [0.3, 0.4) is 0 Å². The van der Waals surface area contributed by atoms with Gasteiger partial charge >= 0.3 is 0 Å². The van der Waals surface area contributed by atoms with Crippen molar-refractivity contribution in [3.63, 3.8) is 0 Å². The highest BCUT2D eigenvalue weighted by Gasteiger charge is 2.27. The number of hydrogen-bond donors (Lipinski definition) is 0. The minimum Gasteiger partial charge on any atom is -0.338 e. The second-order valence-corrected chi connectivity index (χ2v) is 6.64. The Morgan fingerprint density at radius 1 is 1.24 bits per heavy atom. The lowest BCUT2D eigenvalue weighted by molar-refractivity contribution is 0.0704. The van der Waals surface area contributed by atoms with E-state index in [0.29, 0.717) is 17.9 Å². The van der Waals surface area contributed by atoms with Crippen LogP contribution in [0.1, 0.15) is 46.1 Å². The molecule has 1 unspecified atom stereocenters. The molecule has 0 bridgehead atoms. The van der Waals surface area contributed by atoms with Crippen molar-refractivity contribution in [3.05, 3.63) is 53.4 Å². The van der Waals surface area contributed by atoms with Crippen molar-refractivity contribution in [2.24, 2.45) is 0 Å². The van der Waals surface area contributed by atoms with Gasteiger partial charge < -0.3 is 4.90 Å². The van der Waals surface area contributed by atoms with E-state index in [1.54, 1.807) is 16.9 Å². The maximum Gasteiger partial charge on any atom is 0.255 e. The summed E-state index contributed by atoms with van der Waals surface area (Å²) in [6, 6.07) is 3.94. The number of aromatic nitrogens is 5. The number of likely N-dealkylation sites (tertiary alicyclic amines) is 1. The average Bonchev–Trinajstić information content (AvgIpc) is 3.08. The summed E-state index contributed by atoms with van der Waals surface area (Å²) in [5.41, 5.74) is 3.63. The molecule has 0 spiro atoms. The minimum absolute atomic E-state index is 0.0431. The number of piperidine rings is 1. The van der Waals surface area contributed by atoms with E-state index in [9.17, 15) is 4.79 Å². The number of rotatable bonds is 2. The lowest BCUT2D eigenvalue weighted by atomic mass is 9.93. The van der Waals surface area contributed by atoms with Crippen molar-refractivity contribution in [1.29, 1.82) is 0 Å². The van der Waals surface area contributed by atoms with Gasteiger partial charge in [-0.1, -0.05) is 0 Å². The molecule has 0 aromatic carbocycles. The van der Waals surface area contributed by atoms with E-state index in [2.05, 4.69) is 26.1 Å². The van der Waals surface area contributed by atoms with Gasteiger partial charge in [0.15, 0.2) is 0 Å². The summed E-state index contributed by atoms with van der Waals surface area (Å²) in [4.78, 5) is 27.5. The second kappa shape index (κ2) is 6.23. The van der Waals surface area contributed by atoms with Crippen LogP contribution >= 0.6 is 0 Å². The van der Waals surface area contributed by atoms with E-state index in [4.69, 9.17) is 0 Å². The molecule has 7 nitrogen and oxygen atoms in total. The number of aryl methyl sites for hydroxylation is 2. The van der Waals surface area contributed by atoms with Crippen LogP contribution in [0.5, 0.6) is 0 Å². The Labute approximate surface area is 145 Å². The SMILES string of the molecule is Cc1cncc(C(=O)N2CCCC(c3cc(C)nc4ncnn34)C2)c1. The Kier molecular flexibility index (Phi) is 3.91. The summed E-state index contributed by atoms with van der Waals surface area (Å²) >= 11 is 0. The number of pyridine rings is 1. The third-order valence-corrected chi connectivity index (χ3v) is 4.66. The van der Waals surface area contributed by atoms with Gasteiger partial charge in [-0.05, 0) is 44.4 Å². The number of amides is 1. The van der Waals surface area contributed by atoms with Crippen molar-refractivity contribution in [3.8, 4) is 0 Å². The molecule has 4 rings (SSSR count). The minimum atomic E-state index is 0.0431. The first-order valence-corrected chi connectivity index (χ1v) is 8.50. The van der Waals surface area contributed by atoms with E-state index in [1.807, 2.05) is 24.8 Å². The molecule has 1 atom stereocenters. The topological polar surface area (TPSA) is 76.3 Å². The zero-order valence-electron chi connectivity index (χ0n) is 14.4. The predicted octanol–water partition coefficient (Wildman–Crippen LogP) is 2.16. The number of nitrogens with zero attached hydrogens (tertiary/aromatic N) is 6. The molecular weight excluding hydrogens is 316 g/mol. The first-order chi connectivity index (χ1) is 12.1.